The van der Waals surface area contributed by atoms with Crippen LogP contribution in [-0.2, 0) is 0 Å². The molecule has 0 spiro atoms. The number of halogens is 4. The molecule has 0 radical (unpaired) electrons. The van der Waals surface area contributed by atoms with Crippen molar-refractivity contribution in [3.63, 3.8) is 0 Å². The van der Waals surface area contributed by atoms with Crippen LogP contribution >= 0.6 is 22.9 Å². The molecule has 0 atom stereocenters. The Bertz CT molecular complexity index is 947. The minimum absolute atomic E-state index is 0.119. The molecule has 2 aromatic heterocycles. The van der Waals surface area contributed by atoms with Gasteiger partial charge in [0.1, 0.15) is 11.6 Å². The summed E-state index contributed by atoms with van der Waals surface area (Å²) in [6.07, 6.45) is -4.77. The molecule has 142 valence electrons. The highest BCUT2D eigenvalue weighted by Gasteiger charge is 2.31. The molecule has 1 amide bonds. The fourth-order valence-corrected chi connectivity index (χ4v) is 3.19. The first-order valence-corrected chi connectivity index (χ1v) is 8.86. The van der Waals surface area contributed by atoms with Crippen molar-refractivity contribution >= 4 is 44.9 Å². The van der Waals surface area contributed by atoms with E-state index < -0.39 is 12.3 Å². The molecular weight excluding hydrogens is 405 g/mol. The molecule has 1 aromatic carbocycles. The van der Waals surface area contributed by atoms with Crippen LogP contribution in [0.15, 0.2) is 35.7 Å². The van der Waals surface area contributed by atoms with Crippen LogP contribution in [0.25, 0.3) is 10.2 Å². The number of carbonyl (C=O) groups is 1. The number of amides is 1. The van der Waals surface area contributed by atoms with Gasteiger partial charge in [-0.15, -0.1) is 24.5 Å². The number of rotatable bonds is 6. The minimum atomic E-state index is -4.77. The monoisotopic (exact) mass is 416 g/mol. The number of hydrogen-bond acceptors (Lipinski definition) is 6. The number of ether oxygens (including phenoxy) is 1. The lowest BCUT2D eigenvalue weighted by Gasteiger charge is -2.10. The second-order valence-corrected chi connectivity index (χ2v) is 6.49. The summed E-state index contributed by atoms with van der Waals surface area (Å²) >= 11 is 7.33. The second kappa shape index (κ2) is 7.97. The zero-order valence-electron chi connectivity index (χ0n) is 13.5. The number of carbonyl (C=O) groups excluding carboxylic acids is 1. The first-order chi connectivity index (χ1) is 12.8. The highest BCUT2D eigenvalue weighted by molar-refractivity contribution is 7.17. The first kappa shape index (κ1) is 19.2. The van der Waals surface area contributed by atoms with Crippen LogP contribution in [0.2, 0.25) is 5.28 Å². The molecular formula is C16H12ClF3N4O2S. The highest BCUT2D eigenvalue weighted by atomic mass is 35.5. The number of nitrogens with zero attached hydrogens (tertiary/aromatic N) is 2. The normalized spacial score (nSPS) is 11.4. The van der Waals surface area contributed by atoms with E-state index in [2.05, 4.69) is 25.3 Å². The largest absolute Gasteiger partial charge is 0.573 e. The SMILES string of the molecule is O=C(NCCNc1nc(Cl)nc2ccsc12)c1ccc(OC(F)(F)F)cc1. The van der Waals surface area contributed by atoms with Crippen LogP contribution in [0.5, 0.6) is 5.75 Å². The van der Waals surface area contributed by atoms with Gasteiger partial charge in [0.2, 0.25) is 5.28 Å². The number of thiophene rings is 1. The quantitative estimate of drug-likeness (QED) is 0.467. The molecule has 0 saturated heterocycles. The third kappa shape index (κ3) is 5.20. The summed E-state index contributed by atoms with van der Waals surface area (Å²) in [5.74, 6) is -0.235. The van der Waals surface area contributed by atoms with E-state index in [9.17, 15) is 18.0 Å². The van der Waals surface area contributed by atoms with Crippen molar-refractivity contribution in [2.45, 2.75) is 6.36 Å². The lowest BCUT2D eigenvalue weighted by atomic mass is 10.2. The average molecular weight is 417 g/mol. The van der Waals surface area contributed by atoms with Crippen LogP contribution < -0.4 is 15.4 Å². The first-order valence-electron chi connectivity index (χ1n) is 7.60. The summed E-state index contributed by atoms with van der Waals surface area (Å²) in [6, 6.07) is 6.49. The third-order valence-electron chi connectivity index (χ3n) is 3.33. The molecule has 0 bridgehead atoms. The van der Waals surface area contributed by atoms with Crippen molar-refractivity contribution in [2.75, 3.05) is 18.4 Å². The van der Waals surface area contributed by atoms with E-state index in [0.717, 1.165) is 22.3 Å². The summed E-state index contributed by atoms with van der Waals surface area (Å²) in [7, 11) is 0. The lowest BCUT2D eigenvalue weighted by molar-refractivity contribution is -0.274. The van der Waals surface area contributed by atoms with E-state index in [1.54, 1.807) is 0 Å². The van der Waals surface area contributed by atoms with Crippen molar-refractivity contribution in [1.82, 2.24) is 15.3 Å². The van der Waals surface area contributed by atoms with Crippen molar-refractivity contribution in [2.24, 2.45) is 0 Å². The zero-order chi connectivity index (χ0) is 19.4. The molecule has 2 heterocycles. The molecule has 0 unspecified atom stereocenters. The van der Waals surface area contributed by atoms with Crippen LogP contribution in [0.3, 0.4) is 0 Å². The van der Waals surface area contributed by atoms with Gasteiger partial charge in [0.05, 0.1) is 10.2 Å². The van der Waals surface area contributed by atoms with Gasteiger partial charge in [-0.3, -0.25) is 4.79 Å². The number of hydrogen-bond donors (Lipinski definition) is 2. The van der Waals surface area contributed by atoms with E-state index in [4.69, 9.17) is 11.6 Å². The maximum absolute atomic E-state index is 12.1. The van der Waals surface area contributed by atoms with Crippen molar-refractivity contribution < 1.29 is 22.7 Å². The van der Waals surface area contributed by atoms with E-state index >= 15 is 0 Å². The van der Waals surface area contributed by atoms with Gasteiger partial charge in [0, 0.05) is 18.7 Å². The van der Waals surface area contributed by atoms with Crippen LogP contribution in [0, 0.1) is 0 Å². The Morgan fingerprint density at radius 2 is 1.89 bits per heavy atom. The minimum Gasteiger partial charge on any atom is -0.406 e. The smallest absolute Gasteiger partial charge is 0.406 e. The summed E-state index contributed by atoms with van der Waals surface area (Å²) < 4.78 is 41.0. The van der Waals surface area contributed by atoms with Crippen LogP contribution in [0.1, 0.15) is 10.4 Å². The number of benzene rings is 1. The van der Waals surface area contributed by atoms with Gasteiger partial charge in [-0.2, -0.15) is 4.98 Å². The van der Waals surface area contributed by atoms with E-state index in [0.29, 0.717) is 12.4 Å². The Kier molecular flexibility index (Phi) is 5.66. The average Bonchev–Trinajstić information content (AvgIpc) is 3.06. The zero-order valence-corrected chi connectivity index (χ0v) is 15.1. The maximum atomic E-state index is 12.1. The molecule has 0 aliphatic heterocycles. The molecule has 6 nitrogen and oxygen atoms in total. The fraction of sp³-hybridized carbons (Fsp3) is 0.188. The second-order valence-electron chi connectivity index (χ2n) is 5.23. The van der Waals surface area contributed by atoms with Gasteiger partial charge in [-0.25, -0.2) is 4.98 Å². The van der Waals surface area contributed by atoms with E-state index in [1.807, 2.05) is 11.4 Å². The topological polar surface area (TPSA) is 76.1 Å². The van der Waals surface area contributed by atoms with Gasteiger partial charge in [0.15, 0.2) is 0 Å². The van der Waals surface area contributed by atoms with Gasteiger partial charge >= 0.3 is 6.36 Å². The summed E-state index contributed by atoms with van der Waals surface area (Å²) in [5, 5.41) is 7.72. The summed E-state index contributed by atoms with van der Waals surface area (Å²) in [4.78, 5) is 20.2. The molecule has 0 saturated carbocycles. The van der Waals surface area contributed by atoms with Gasteiger partial charge in [-0.05, 0) is 47.3 Å². The van der Waals surface area contributed by atoms with Crippen molar-refractivity contribution in [3.05, 3.63) is 46.6 Å². The standard InChI is InChI=1S/C16H12ClF3N4O2S/c17-15-23-11-5-8-27-12(11)13(24-15)21-6-7-22-14(25)9-1-3-10(4-2-9)26-16(18,19)20/h1-5,8H,6-7H2,(H,22,25)(H,21,23,24). The Morgan fingerprint density at radius 1 is 1.15 bits per heavy atom. The summed E-state index contributed by atoms with van der Waals surface area (Å²) in [5.41, 5.74) is 0.947. The number of aromatic nitrogens is 2. The summed E-state index contributed by atoms with van der Waals surface area (Å²) in [6.45, 7) is 0.648. The molecule has 11 heteroatoms. The van der Waals surface area contributed by atoms with Gasteiger partial charge in [-0.1, -0.05) is 0 Å². The molecule has 2 N–H and O–H groups in total. The van der Waals surface area contributed by atoms with E-state index in [-0.39, 0.29) is 23.1 Å². The van der Waals surface area contributed by atoms with Gasteiger partial charge in [0.25, 0.3) is 5.91 Å². The Labute approximate surface area is 160 Å². The Morgan fingerprint density at radius 3 is 2.59 bits per heavy atom. The fourth-order valence-electron chi connectivity index (χ4n) is 2.22. The van der Waals surface area contributed by atoms with Gasteiger partial charge < -0.3 is 15.4 Å². The highest BCUT2D eigenvalue weighted by Crippen LogP contribution is 2.27. The van der Waals surface area contributed by atoms with E-state index in [1.165, 1.54) is 23.5 Å². The molecule has 0 fully saturated rings. The Hall–Kier alpha value is -2.59. The number of anilines is 1. The van der Waals surface area contributed by atoms with Crippen molar-refractivity contribution in [3.8, 4) is 5.75 Å². The number of alkyl halides is 3. The molecule has 0 aliphatic carbocycles. The third-order valence-corrected chi connectivity index (χ3v) is 4.41. The predicted octanol–water partition coefficient (Wildman–Crippen LogP) is 4.09. The molecule has 3 aromatic rings. The molecule has 27 heavy (non-hydrogen) atoms. The molecule has 0 aliphatic rings. The van der Waals surface area contributed by atoms with Crippen LogP contribution in [0.4, 0.5) is 19.0 Å². The lowest BCUT2D eigenvalue weighted by Crippen LogP contribution is -2.28. The number of nitrogens with one attached hydrogen (secondary N) is 2. The number of fused-ring (bicyclic) bond motifs is 1. The molecule has 3 rings (SSSR count). The van der Waals surface area contributed by atoms with Crippen LogP contribution in [-0.4, -0.2) is 35.3 Å². The Balaban J connectivity index is 1.51. The van der Waals surface area contributed by atoms with Crippen molar-refractivity contribution in [1.29, 1.82) is 0 Å². The maximum Gasteiger partial charge on any atom is 0.573 e. The predicted molar refractivity (Wildman–Crippen MR) is 96.4 cm³/mol.